The van der Waals surface area contributed by atoms with Gasteiger partial charge in [0.25, 0.3) is 0 Å². The molecule has 0 amide bonds. The lowest BCUT2D eigenvalue weighted by atomic mass is 10.0. The third-order valence-corrected chi connectivity index (χ3v) is 2.83. The number of hydrogen-bond acceptors (Lipinski definition) is 2. The molecule has 21 heavy (non-hydrogen) atoms. The monoisotopic (exact) mass is 316 g/mol. The van der Waals surface area contributed by atoms with Crippen molar-refractivity contribution in [2.75, 3.05) is 0 Å². The van der Waals surface area contributed by atoms with Crippen LogP contribution >= 0.6 is 11.6 Å². The van der Waals surface area contributed by atoms with Crippen LogP contribution < -0.4 is 4.74 Å². The molecule has 2 aromatic carbocycles. The Kier molecular flexibility index (Phi) is 4.09. The Hall–Kier alpha value is -2.21. The van der Waals surface area contributed by atoms with Crippen LogP contribution in [0.25, 0.3) is 11.1 Å². The van der Waals surface area contributed by atoms with E-state index in [1.807, 2.05) is 0 Å². The first-order chi connectivity index (χ1) is 9.76. The van der Waals surface area contributed by atoms with Gasteiger partial charge < -0.3 is 9.84 Å². The van der Waals surface area contributed by atoms with Crippen molar-refractivity contribution in [1.29, 1.82) is 0 Å². The molecule has 0 radical (unpaired) electrons. The molecule has 0 fully saturated rings. The minimum Gasteiger partial charge on any atom is -0.478 e. The Bertz CT molecular complexity index is 683. The Balaban J connectivity index is 2.51. The Morgan fingerprint density at radius 3 is 2.33 bits per heavy atom. The molecule has 0 unspecified atom stereocenters. The summed E-state index contributed by atoms with van der Waals surface area (Å²) in [7, 11) is 0. The minimum atomic E-state index is -4.98. The molecule has 0 aromatic heterocycles. The van der Waals surface area contributed by atoms with E-state index < -0.39 is 23.6 Å². The molecule has 0 bridgehead atoms. The first kappa shape index (κ1) is 15.2. The first-order valence-electron chi connectivity index (χ1n) is 5.65. The van der Waals surface area contributed by atoms with Crippen molar-refractivity contribution in [2.45, 2.75) is 6.36 Å². The summed E-state index contributed by atoms with van der Waals surface area (Å²) in [6.07, 6.45) is -4.98. The number of ether oxygens (including phenoxy) is 1. The van der Waals surface area contributed by atoms with Crippen LogP contribution in [0.15, 0.2) is 42.5 Å². The van der Waals surface area contributed by atoms with E-state index in [4.69, 9.17) is 16.7 Å². The lowest BCUT2D eigenvalue weighted by molar-refractivity contribution is -0.274. The second kappa shape index (κ2) is 5.65. The molecule has 0 saturated carbocycles. The van der Waals surface area contributed by atoms with E-state index in [2.05, 4.69) is 4.74 Å². The van der Waals surface area contributed by atoms with Crippen molar-refractivity contribution in [3.8, 4) is 16.9 Å². The number of hydrogen-bond donors (Lipinski definition) is 1. The molecule has 7 heteroatoms. The molecule has 3 nitrogen and oxygen atoms in total. The maximum atomic E-state index is 12.3. The second-order valence-electron chi connectivity index (χ2n) is 4.07. The highest BCUT2D eigenvalue weighted by Crippen LogP contribution is 2.32. The Morgan fingerprint density at radius 2 is 1.76 bits per heavy atom. The maximum absolute atomic E-state index is 12.3. The van der Waals surface area contributed by atoms with Crippen molar-refractivity contribution in [3.05, 3.63) is 53.1 Å². The zero-order chi connectivity index (χ0) is 15.6. The van der Waals surface area contributed by atoms with Gasteiger partial charge >= 0.3 is 12.3 Å². The highest BCUT2D eigenvalue weighted by atomic mass is 35.5. The third-order valence-electron chi connectivity index (χ3n) is 2.60. The number of benzene rings is 2. The molecular weight excluding hydrogens is 309 g/mol. The predicted octanol–water partition coefficient (Wildman–Crippen LogP) is 4.60. The molecular formula is C14H8ClF3O3. The summed E-state index contributed by atoms with van der Waals surface area (Å²) in [6.45, 7) is 0. The summed E-state index contributed by atoms with van der Waals surface area (Å²) in [5.74, 6) is -2.28. The van der Waals surface area contributed by atoms with Gasteiger partial charge in [0.1, 0.15) is 11.3 Å². The molecule has 0 aliphatic carbocycles. The van der Waals surface area contributed by atoms with Gasteiger partial charge in [-0.15, -0.1) is 13.2 Å². The molecule has 0 atom stereocenters. The van der Waals surface area contributed by atoms with Crippen molar-refractivity contribution < 1.29 is 27.8 Å². The van der Waals surface area contributed by atoms with Crippen LogP contribution in [0.2, 0.25) is 5.02 Å². The van der Waals surface area contributed by atoms with E-state index in [0.29, 0.717) is 16.1 Å². The number of aromatic carboxylic acids is 1. The zero-order valence-corrected chi connectivity index (χ0v) is 11.1. The lowest BCUT2D eigenvalue weighted by Gasteiger charge is -2.13. The van der Waals surface area contributed by atoms with E-state index in [9.17, 15) is 18.0 Å². The Morgan fingerprint density at radius 1 is 1.10 bits per heavy atom. The molecule has 2 rings (SSSR count). The topological polar surface area (TPSA) is 46.5 Å². The molecule has 0 spiro atoms. The largest absolute Gasteiger partial charge is 0.573 e. The molecule has 0 aliphatic heterocycles. The summed E-state index contributed by atoms with van der Waals surface area (Å²) in [5.41, 5.74) is 0.339. The van der Waals surface area contributed by atoms with Gasteiger partial charge in [-0.2, -0.15) is 0 Å². The van der Waals surface area contributed by atoms with Gasteiger partial charge in [-0.3, -0.25) is 0 Å². The van der Waals surface area contributed by atoms with E-state index >= 15 is 0 Å². The van der Waals surface area contributed by atoms with Crippen molar-refractivity contribution in [2.24, 2.45) is 0 Å². The van der Waals surface area contributed by atoms with Gasteiger partial charge in [0.05, 0.1) is 0 Å². The van der Waals surface area contributed by atoms with Crippen LogP contribution in [0.4, 0.5) is 13.2 Å². The molecule has 0 aliphatic rings. The fourth-order valence-corrected chi connectivity index (χ4v) is 1.95. The molecule has 2 aromatic rings. The van der Waals surface area contributed by atoms with E-state index in [1.165, 1.54) is 6.07 Å². The van der Waals surface area contributed by atoms with Gasteiger partial charge in [-0.1, -0.05) is 29.8 Å². The van der Waals surface area contributed by atoms with Crippen LogP contribution in [0.5, 0.6) is 5.75 Å². The maximum Gasteiger partial charge on any atom is 0.573 e. The summed E-state index contributed by atoms with van der Waals surface area (Å²) >= 11 is 5.82. The zero-order valence-electron chi connectivity index (χ0n) is 10.3. The standard InChI is InChI=1S/C14H8ClF3O3/c15-10-3-1-2-8(6-10)9-4-5-11(13(19)20)12(7-9)21-14(16,17)18/h1-7H,(H,19,20). The molecule has 0 heterocycles. The number of carboxylic acid groups (broad SMARTS) is 1. The summed E-state index contributed by atoms with van der Waals surface area (Å²) < 4.78 is 40.8. The summed E-state index contributed by atoms with van der Waals surface area (Å²) in [5, 5.41) is 9.31. The van der Waals surface area contributed by atoms with Gasteiger partial charge in [-0.25, -0.2) is 4.79 Å². The average molecular weight is 317 g/mol. The number of rotatable bonds is 3. The molecule has 1 N–H and O–H groups in total. The van der Waals surface area contributed by atoms with Crippen LogP contribution in [0.3, 0.4) is 0 Å². The average Bonchev–Trinajstić information content (AvgIpc) is 2.36. The molecule has 110 valence electrons. The van der Waals surface area contributed by atoms with E-state index in [-0.39, 0.29) is 0 Å². The van der Waals surface area contributed by atoms with Crippen molar-refractivity contribution in [3.63, 3.8) is 0 Å². The third kappa shape index (κ3) is 3.88. The number of carboxylic acids is 1. The number of halogens is 4. The highest BCUT2D eigenvalue weighted by molar-refractivity contribution is 6.30. The van der Waals surface area contributed by atoms with Gasteiger partial charge in [0, 0.05) is 5.02 Å². The quantitative estimate of drug-likeness (QED) is 0.900. The van der Waals surface area contributed by atoms with E-state index in [1.54, 1.807) is 24.3 Å². The molecule has 0 saturated heterocycles. The van der Waals surface area contributed by atoms with Gasteiger partial charge in [0.2, 0.25) is 0 Å². The second-order valence-corrected chi connectivity index (χ2v) is 4.51. The van der Waals surface area contributed by atoms with Crippen molar-refractivity contribution >= 4 is 17.6 Å². The lowest BCUT2D eigenvalue weighted by Crippen LogP contribution is -2.19. The summed E-state index contributed by atoms with van der Waals surface area (Å²) in [4.78, 5) is 10.9. The fraction of sp³-hybridized carbons (Fsp3) is 0.0714. The van der Waals surface area contributed by atoms with Crippen LogP contribution in [-0.4, -0.2) is 17.4 Å². The fourth-order valence-electron chi connectivity index (χ4n) is 1.76. The first-order valence-corrected chi connectivity index (χ1v) is 6.03. The normalized spacial score (nSPS) is 11.2. The van der Waals surface area contributed by atoms with Crippen LogP contribution in [0, 0.1) is 0 Å². The van der Waals surface area contributed by atoms with Crippen LogP contribution in [0.1, 0.15) is 10.4 Å². The highest BCUT2D eigenvalue weighted by Gasteiger charge is 2.33. The smallest absolute Gasteiger partial charge is 0.478 e. The Labute approximate surface area is 122 Å². The predicted molar refractivity (Wildman–Crippen MR) is 70.5 cm³/mol. The van der Waals surface area contributed by atoms with E-state index in [0.717, 1.165) is 12.1 Å². The van der Waals surface area contributed by atoms with Gasteiger partial charge in [0.15, 0.2) is 0 Å². The van der Waals surface area contributed by atoms with Gasteiger partial charge in [-0.05, 0) is 35.4 Å². The SMILES string of the molecule is O=C(O)c1ccc(-c2cccc(Cl)c2)cc1OC(F)(F)F. The summed E-state index contributed by atoms with van der Waals surface area (Å²) in [6, 6.07) is 9.89. The number of alkyl halides is 3. The minimum absolute atomic E-state index is 0.363. The number of carbonyl (C=O) groups is 1. The van der Waals surface area contributed by atoms with Crippen molar-refractivity contribution in [1.82, 2.24) is 0 Å². The van der Waals surface area contributed by atoms with Crippen LogP contribution in [-0.2, 0) is 0 Å².